The Balaban J connectivity index is 2.07. The lowest BCUT2D eigenvalue weighted by molar-refractivity contribution is 0.272. The summed E-state index contributed by atoms with van der Waals surface area (Å²) in [5, 5.41) is 0. The summed E-state index contributed by atoms with van der Waals surface area (Å²) < 4.78 is 66.3. The van der Waals surface area contributed by atoms with Crippen LogP contribution in [0.25, 0.3) is 0 Å². The Bertz CT molecular complexity index is 801. The molecule has 0 spiro atoms. The van der Waals surface area contributed by atoms with Gasteiger partial charge in [0.2, 0.25) is 20.0 Å². The van der Waals surface area contributed by atoms with Crippen LogP contribution in [0.1, 0.15) is 31.7 Å². The number of nitrogens with zero attached hydrogens (tertiary/aromatic N) is 2. The molecule has 1 aliphatic heterocycles. The van der Waals surface area contributed by atoms with Gasteiger partial charge in [-0.1, -0.05) is 25.8 Å². The molecular weight excluding hydrogens is 367 g/mol. The van der Waals surface area contributed by atoms with Crippen molar-refractivity contribution < 1.29 is 21.2 Å². The average Bonchev–Trinajstić information content (AvgIpc) is 2.57. The summed E-state index contributed by atoms with van der Waals surface area (Å²) in [6.45, 7) is 3.95. The zero-order valence-electron chi connectivity index (χ0n) is 14.6. The van der Waals surface area contributed by atoms with Crippen LogP contribution in [0.3, 0.4) is 0 Å². The lowest BCUT2D eigenvalue weighted by Gasteiger charge is -2.33. The molecule has 1 heterocycles. The minimum absolute atomic E-state index is 0.0305. The van der Waals surface area contributed by atoms with Gasteiger partial charge in [-0.05, 0) is 31.0 Å². The van der Waals surface area contributed by atoms with Crippen molar-refractivity contribution in [1.82, 2.24) is 8.61 Å². The van der Waals surface area contributed by atoms with Gasteiger partial charge in [0.15, 0.2) is 0 Å². The number of hydrogen-bond donors (Lipinski definition) is 0. The van der Waals surface area contributed by atoms with Crippen molar-refractivity contribution in [2.75, 3.05) is 31.9 Å². The van der Waals surface area contributed by atoms with Crippen LogP contribution in [-0.2, 0) is 20.0 Å². The van der Waals surface area contributed by atoms with Crippen molar-refractivity contribution >= 4 is 20.0 Å². The van der Waals surface area contributed by atoms with Crippen molar-refractivity contribution in [2.45, 2.75) is 38.0 Å². The lowest BCUT2D eigenvalue weighted by Crippen LogP contribution is -2.51. The molecule has 0 aromatic heterocycles. The molecule has 0 radical (unpaired) electrons. The first-order valence-corrected chi connectivity index (χ1v) is 11.5. The van der Waals surface area contributed by atoms with Gasteiger partial charge in [0, 0.05) is 26.2 Å². The topological polar surface area (TPSA) is 74.8 Å². The van der Waals surface area contributed by atoms with Gasteiger partial charge in [-0.15, -0.1) is 0 Å². The highest BCUT2D eigenvalue weighted by Crippen LogP contribution is 2.22. The van der Waals surface area contributed by atoms with Crippen LogP contribution >= 0.6 is 0 Å². The molecule has 6 nitrogen and oxygen atoms in total. The second-order valence-corrected chi connectivity index (χ2v) is 10.3. The smallest absolute Gasteiger partial charge is 0.212 e. The first-order valence-electron chi connectivity index (χ1n) is 8.42. The van der Waals surface area contributed by atoms with E-state index in [0.717, 1.165) is 23.2 Å². The van der Waals surface area contributed by atoms with Crippen LogP contribution in [0, 0.1) is 12.7 Å². The molecule has 0 N–H and O–H groups in total. The number of hydrogen-bond acceptors (Lipinski definition) is 4. The minimum Gasteiger partial charge on any atom is -0.212 e. The van der Waals surface area contributed by atoms with E-state index in [1.165, 1.54) is 16.4 Å². The Hall–Kier alpha value is -1.03. The monoisotopic (exact) mass is 392 g/mol. The first kappa shape index (κ1) is 20.3. The van der Waals surface area contributed by atoms with Crippen LogP contribution in [0.5, 0.6) is 0 Å². The van der Waals surface area contributed by atoms with E-state index in [4.69, 9.17) is 0 Å². The summed E-state index contributed by atoms with van der Waals surface area (Å²) in [5.41, 5.74) is 0.650. The summed E-state index contributed by atoms with van der Waals surface area (Å²) in [6, 6.07) is 3.95. The number of benzene rings is 1. The van der Waals surface area contributed by atoms with Crippen molar-refractivity contribution in [3.63, 3.8) is 0 Å². The molecule has 0 aliphatic carbocycles. The standard InChI is InChI=1S/C16H25FN2O4S2/c1-3-4-5-12-24(20,21)18-8-10-19(11-9-18)25(22,23)16-13-14(2)6-7-15(16)17/h6-7,13H,3-5,8-12H2,1-2H3. The fraction of sp³-hybridized carbons (Fsp3) is 0.625. The van der Waals surface area contributed by atoms with Crippen molar-refractivity contribution in [3.05, 3.63) is 29.6 Å². The van der Waals surface area contributed by atoms with Gasteiger partial charge in [0.1, 0.15) is 10.7 Å². The van der Waals surface area contributed by atoms with Gasteiger partial charge in [-0.2, -0.15) is 8.61 Å². The fourth-order valence-corrected chi connectivity index (χ4v) is 5.92. The SMILES string of the molecule is CCCCCS(=O)(=O)N1CCN(S(=O)(=O)c2cc(C)ccc2F)CC1. The summed E-state index contributed by atoms with van der Waals surface area (Å²) in [6.07, 6.45) is 2.38. The summed E-state index contributed by atoms with van der Waals surface area (Å²) >= 11 is 0. The molecule has 142 valence electrons. The Morgan fingerprint density at radius 2 is 1.60 bits per heavy atom. The zero-order chi connectivity index (χ0) is 18.7. The molecule has 1 saturated heterocycles. The first-order chi connectivity index (χ1) is 11.7. The highest BCUT2D eigenvalue weighted by molar-refractivity contribution is 7.89. The Morgan fingerprint density at radius 3 is 2.20 bits per heavy atom. The van der Waals surface area contributed by atoms with Crippen LogP contribution < -0.4 is 0 Å². The number of piperazine rings is 1. The maximum absolute atomic E-state index is 13.9. The predicted molar refractivity (Wildman–Crippen MR) is 94.8 cm³/mol. The third-order valence-electron chi connectivity index (χ3n) is 4.30. The molecule has 25 heavy (non-hydrogen) atoms. The molecule has 2 rings (SSSR count). The zero-order valence-corrected chi connectivity index (χ0v) is 16.2. The summed E-state index contributed by atoms with van der Waals surface area (Å²) in [5.74, 6) is -0.708. The Labute approximate surface area is 149 Å². The van der Waals surface area contributed by atoms with E-state index in [1.807, 2.05) is 6.92 Å². The number of halogens is 1. The third-order valence-corrected chi connectivity index (χ3v) is 8.17. The van der Waals surface area contributed by atoms with E-state index >= 15 is 0 Å². The maximum Gasteiger partial charge on any atom is 0.246 e. The van der Waals surface area contributed by atoms with Gasteiger partial charge in [-0.3, -0.25) is 0 Å². The highest BCUT2D eigenvalue weighted by Gasteiger charge is 2.34. The number of aryl methyl sites for hydroxylation is 1. The predicted octanol–water partition coefficient (Wildman–Crippen LogP) is 1.96. The molecule has 0 bridgehead atoms. The molecule has 0 amide bonds. The molecule has 1 fully saturated rings. The van der Waals surface area contributed by atoms with Gasteiger partial charge in [-0.25, -0.2) is 21.2 Å². The lowest BCUT2D eigenvalue weighted by atomic mass is 10.2. The molecular formula is C16H25FN2O4S2. The van der Waals surface area contributed by atoms with E-state index in [1.54, 1.807) is 6.92 Å². The number of rotatable bonds is 7. The highest BCUT2D eigenvalue weighted by atomic mass is 32.2. The molecule has 0 unspecified atom stereocenters. The minimum atomic E-state index is -3.97. The summed E-state index contributed by atoms with van der Waals surface area (Å²) in [7, 11) is -7.33. The molecule has 0 atom stereocenters. The van der Waals surface area contributed by atoms with Crippen molar-refractivity contribution in [1.29, 1.82) is 0 Å². The second-order valence-electron chi connectivity index (χ2n) is 6.26. The van der Waals surface area contributed by atoms with E-state index in [0.29, 0.717) is 12.0 Å². The van der Waals surface area contributed by atoms with E-state index in [9.17, 15) is 21.2 Å². The molecule has 0 saturated carbocycles. The van der Waals surface area contributed by atoms with Crippen molar-refractivity contribution in [3.8, 4) is 0 Å². The summed E-state index contributed by atoms with van der Waals surface area (Å²) in [4.78, 5) is -0.355. The van der Waals surface area contributed by atoms with Crippen LogP contribution in [0.15, 0.2) is 23.1 Å². The normalized spacial score (nSPS) is 17.7. The Kier molecular flexibility index (Phi) is 6.58. The van der Waals surface area contributed by atoms with Gasteiger partial charge in [0.25, 0.3) is 0 Å². The largest absolute Gasteiger partial charge is 0.246 e. The molecule has 1 aliphatic rings. The van der Waals surface area contributed by atoms with Crippen LogP contribution in [0.4, 0.5) is 4.39 Å². The van der Waals surface area contributed by atoms with Crippen LogP contribution in [0.2, 0.25) is 0 Å². The van der Waals surface area contributed by atoms with Gasteiger partial charge in [0.05, 0.1) is 5.75 Å². The second kappa shape index (κ2) is 8.11. The maximum atomic E-state index is 13.9. The fourth-order valence-electron chi connectivity index (χ4n) is 2.80. The van der Waals surface area contributed by atoms with Crippen molar-refractivity contribution in [2.24, 2.45) is 0 Å². The van der Waals surface area contributed by atoms with E-state index in [2.05, 4.69) is 0 Å². The van der Waals surface area contributed by atoms with Gasteiger partial charge >= 0.3 is 0 Å². The quantitative estimate of drug-likeness (QED) is 0.665. The Morgan fingerprint density at radius 1 is 1.00 bits per heavy atom. The third kappa shape index (κ3) is 4.78. The molecule has 1 aromatic carbocycles. The van der Waals surface area contributed by atoms with E-state index in [-0.39, 0.29) is 36.8 Å². The van der Waals surface area contributed by atoms with Gasteiger partial charge < -0.3 is 0 Å². The number of unbranched alkanes of at least 4 members (excludes halogenated alkanes) is 2. The van der Waals surface area contributed by atoms with Crippen LogP contribution in [-0.4, -0.2) is 57.4 Å². The number of sulfonamides is 2. The van der Waals surface area contributed by atoms with E-state index < -0.39 is 25.9 Å². The average molecular weight is 393 g/mol. The molecule has 1 aromatic rings. The molecule has 9 heteroatoms.